The van der Waals surface area contributed by atoms with E-state index in [0.29, 0.717) is 5.41 Å². The molecule has 0 heteroatoms. The van der Waals surface area contributed by atoms with Crippen LogP contribution in [-0.2, 0) is 12.8 Å². The number of hydrogen-bond donors (Lipinski definition) is 0. The molecule has 0 bridgehead atoms. The Morgan fingerprint density at radius 2 is 1.88 bits per heavy atom. The van der Waals surface area contributed by atoms with Crippen LogP contribution in [-0.4, -0.2) is 0 Å². The van der Waals surface area contributed by atoms with E-state index in [9.17, 15) is 0 Å². The molecule has 2 rings (SSSR count). The van der Waals surface area contributed by atoms with E-state index in [1.54, 1.807) is 11.1 Å². The number of aryl methyl sites for hydroxylation is 1. The summed E-state index contributed by atoms with van der Waals surface area (Å²) in [6.07, 6.45) is 5.19. The highest BCUT2D eigenvalue weighted by atomic mass is 14.3. The second-order valence-corrected chi connectivity index (χ2v) is 6.40. The minimum absolute atomic E-state index is 0.397. The van der Waals surface area contributed by atoms with Crippen molar-refractivity contribution in [3.8, 4) is 0 Å². The highest BCUT2D eigenvalue weighted by Gasteiger charge is 2.26. The van der Waals surface area contributed by atoms with Gasteiger partial charge in [-0.1, -0.05) is 45.9 Å². The molecule has 0 unspecified atom stereocenters. The van der Waals surface area contributed by atoms with Gasteiger partial charge in [0, 0.05) is 0 Å². The van der Waals surface area contributed by atoms with Crippen molar-refractivity contribution in [3.63, 3.8) is 0 Å². The van der Waals surface area contributed by atoms with Crippen molar-refractivity contribution in [3.05, 3.63) is 34.9 Å². The first-order valence-electron chi connectivity index (χ1n) is 6.61. The van der Waals surface area contributed by atoms with Gasteiger partial charge >= 0.3 is 0 Å². The van der Waals surface area contributed by atoms with Gasteiger partial charge in [0.1, 0.15) is 0 Å². The second kappa shape index (κ2) is 4.24. The van der Waals surface area contributed by atoms with Crippen LogP contribution in [0.4, 0.5) is 0 Å². The van der Waals surface area contributed by atoms with E-state index >= 15 is 0 Å². The lowest BCUT2D eigenvalue weighted by atomic mass is 9.86. The van der Waals surface area contributed by atoms with Crippen LogP contribution in [0.5, 0.6) is 0 Å². The van der Waals surface area contributed by atoms with Gasteiger partial charge in [-0.25, -0.2) is 0 Å². The van der Waals surface area contributed by atoms with Crippen LogP contribution in [0, 0.1) is 5.41 Å². The standard InChI is InChI=1S/C16H24/c1-5-13-7-6-12(11-16(2,3)4)10-15(13)14-8-9-14/h6-7,10,14H,5,8-9,11H2,1-4H3. The Hall–Kier alpha value is -0.780. The van der Waals surface area contributed by atoms with Gasteiger partial charge in [-0.3, -0.25) is 0 Å². The van der Waals surface area contributed by atoms with Crippen molar-refractivity contribution in [2.45, 2.75) is 59.3 Å². The summed E-state index contributed by atoms with van der Waals surface area (Å²) in [6, 6.07) is 7.16. The first kappa shape index (κ1) is 11.7. The zero-order valence-corrected chi connectivity index (χ0v) is 11.1. The van der Waals surface area contributed by atoms with Crippen LogP contribution in [0.25, 0.3) is 0 Å². The Balaban J connectivity index is 2.24. The van der Waals surface area contributed by atoms with Crippen molar-refractivity contribution in [1.82, 2.24) is 0 Å². The van der Waals surface area contributed by atoms with E-state index in [4.69, 9.17) is 0 Å². The molecular weight excluding hydrogens is 192 g/mol. The minimum atomic E-state index is 0.397. The molecule has 88 valence electrons. The summed E-state index contributed by atoms with van der Waals surface area (Å²) in [4.78, 5) is 0. The van der Waals surface area contributed by atoms with E-state index in [1.807, 2.05) is 0 Å². The van der Waals surface area contributed by atoms with Gasteiger partial charge in [-0.2, -0.15) is 0 Å². The van der Waals surface area contributed by atoms with Crippen molar-refractivity contribution in [2.24, 2.45) is 5.41 Å². The number of hydrogen-bond acceptors (Lipinski definition) is 0. The highest BCUT2D eigenvalue weighted by Crippen LogP contribution is 2.42. The van der Waals surface area contributed by atoms with Crippen LogP contribution >= 0.6 is 0 Å². The molecule has 0 nitrogen and oxygen atoms in total. The Bertz CT molecular complexity index is 364. The summed E-state index contributed by atoms with van der Waals surface area (Å²) < 4.78 is 0. The normalized spacial score (nSPS) is 16.5. The summed E-state index contributed by atoms with van der Waals surface area (Å²) >= 11 is 0. The highest BCUT2D eigenvalue weighted by molar-refractivity contribution is 5.37. The Labute approximate surface area is 100 Å². The van der Waals surface area contributed by atoms with Gasteiger partial charge in [0.05, 0.1) is 0 Å². The fourth-order valence-electron chi connectivity index (χ4n) is 2.46. The topological polar surface area (TPSA) is 0 Å². The van der Waals surface area contributed by atoms with Gasteiger partial charge in [0.2, 0.25) is 0 Å². The third-order valence-electron chi connectivity index (χ3n) is 3.34. The predicted octanol–water partition coefficient (Wildman–Crippen LogP) is 4.72. The molecule has 1 fully saturated rings. The van der Waals surface area contributed by atoms with Gasteiger partial charge in [-0.15, -0.1) is 0 Å². The molecule has 0 N–H and O–H groups in total. The third-order valence-corrected chi connectivity index (χ3v) is 3.34. The molecule has 0 saturated heterocycles. The Morgan fingerprint density at radius 1 is 1.19 bits per heavy atom. The predicted molar refractivity (Wildman–Crippen MR) is 71.0 cm³/mol. The average molecular weight is 216 g/mol. The van der Waals surface area contributed by atoms with Crippen molar-refractivity contribution in [1.29, 1.82) is 0 Å². The zero-order valence-electron chi connectivity index (χ0n) is 11.1. The van der Waals surface area contributed by atoms with Crippen LogP contribution in [0.15, 0.2) is 18.2 Å². The maximum Gasteiger partial charge on any atom is -0.0159 e. The van der Waals surface area contributed by atoms with Gasteiger partial charge < -0.3 is 0 Å². The Morgan fingerprint density at radius 3 is 2.38 bits per heavy atom. The lowest BCUT2D eigenvalue weighted by Gasteiger charge is -2.19. The smallest absolute Gasteiger partial charge is 0.0159 e. The van der Waals surface area contributed by atoms with Gasteiger partial charge in [0.25, 0.3) is 0 Å². The molecule has 0 aliphatic heterocycles. The fraction of sp³-hybridized carbons (Fsp3) is 0.625. The third kappa shape index (κ3) is 2.87. The molecule has 0 heterocycles. The van der Waals surface area contributed by atoms with Crippen molar-refractivity contribution >= 4 is 0 Å². The van der Waals surface area contributed by atoms with Crippen molar-refractivity contribution < 1.29 is 0 Å². The van der Waals surface area contributed by atoms with Crippen LogP contribution in [0.1, 0.15) is 63.1 Å². The SMILES string of the molecule is CCc1ccc(CC(C)(C)C)cc1C1CC1. The summed E-state index contributed by atoms with van der Waals surface area (Å²) in [5, 5.41) is 0. The molecule has 16 heavy (non-hydrogen) atoms. The summed E-state index contributed by atoms with van der Waals surface area (Å²) in [6.45, 7) is 9.22. The second-order valence-electron chi connectivity index (χ2n) is 6.40. The molecule has 1 aliphatic rings. The molecule has 0 amide bonds. The van der Waals surface area contributed by atoms with Crippen molar-refractivity contribution in [2.75, 3.05) is 0 Å². The summed E-state index contributed by atoms with van der Waals surface area (Å²) in [5.41, 5.74) is 5.13. The summed E-state index contributed by atoms with van der Waals surface area (Å²) in [5.74, 6) is 0.884. The van der Waals surface area contributed by atoms with Crippen LogP contribution in [0.2, 0.25) is 0 Å². The maximum absolute atomic E-state index is 2.47. The average Bonchev–Trinajstić information content (AvgIpc) is 2.98. The lowest BCUT2D eigenvalue weighted by molar-refractivity contribution is 0.411. The molecule has 0 aromatic heterocycles. The molecule has 1 aliphatic carbocycles. The van der Waals surface area contributed by atoms with Crippen LogP contribution in [0.3, 0.4) is 0 Å². The Kier molecular flexibility index (Phi) is 3.10. The zero-order chi connectivity index (χ0) is 11.8. The lowest BCUT2D eigenvalue weighted by Crippen LogP contribution is -2.09. The van der Waals surface area contributed by atoms with Gasteiger partial charge in [0.15, 0.2) is 0 Å². The summed E-state index contributed by atoms with van der Waals surface area (Å²) in [7, 11) is 0. The molecule has 0 atom stereocenters. The largest absolute Gasteiger partial charge is 0.0613 e. The molecule has 1 aromatic carbocycles. The molecule has 0 spiro atoms. The number of benzene rings is 1. The number of rotatable bonds is 3. The molecule has 0 radical (unpaired) electrons. The molecule has 1 aromatic rings. The molecular formula is C16H24. The van der Waals surface area contributed by atoms with Crippen LogP contribution < -0.4 is 0 Å². The minimum Gasteiger partial charge on any atom is -0.0613 e. The quantitative estimate of drug-likeness (QED) is 0.686. The van der Waals surface area contributed by atoms with E-state index < -0.39 is 0 Å². The fourth-order valence-corrected chi connectivity index (χ4v) is 2.46. The van der Waals surface area contributed by atoms with E-state index in [0.717, 1.165) is 5.92 Å². The van der Waals surface area contributed by atoms with E-state index in [1.165, 1.54) is 31.2 Å². The van der Waals surface area contributed by atoms with E-state index in [2.05, 4.69) is 45.9 Å². The van der Waals surface area contributed by atoms with E-state index in [-0.39, 0.29) is 0 Å². The first-order chi connectivity index (χ1) is 7.49. The molecule has 1 saturated carbocycles. The first-order valence-corrected chi connectivity index (χ1v) is 6.61. The van der Waals surface area contributed by atoms with Gasteiger partial charge in [-0.05, 0) is 53.7 Å². The maximum atomic E-state index is 2.47. The monoisotopic (exact) mass is 216 g/mol.